The minimum absolute atomic E-state index is 0.0462. The molecule has 2 aromatic rings. The van der Waals surface area contributed by atoms with Crippen LogP contribution in [0.4, 0.5) is 20.2 Å². The van der Waals surface area contributed by atoms with Crippen LogP contribution in [0.2, 0.25) is 0 Å². The summed E-state index contributed by atoms with van der Waals surface area (Å²) in [6, 6.07) is 6.75. The highest BCUT2D eigenvalue weighted by molar-refractivity contribution is 14.1. The van der Waals surface area contributed by atoms with Crippen molar-refractivity contribution in [2.75, 3.05) is 11.9 Å². The number of hydrogen-bond acceptors (Lipinski definition) is 3. The van der Waals surface area contributed by atoms with Gasteiger partial charge in [-0.05, 0) is 94.0 Å². The Bertz CT molecular complexity index is 889. The Kier molecular flexibility index (Phi) is 7.27. The zero-order valence-corrected chi connectivity index (χ0v) is 19.0. The minimum atomic E-state index is -1.13. The van der Waals surface area contributed by atoms with E-state index in [1.807, 2.05) is 19.1 Å². The predicted octanol–water partition coefficient (Wildman–Crippen LogP) is 6.24. The lowest BCUT2D eigenvalue weighted by Crippen LogP contribution is -2.27. The fourth-order valence-corrected chi connectivity index (χ4v) is 4.31. The summed E-state index contributed by atoms with van der Waals surface area (Å²) in [5.41, 5.74) is 3.51. The first-order chi connectivity index (χ1) is 13.4. The lowest BCUT2D eigenvalue weighted by Gasteiger charge is -2.17. The highest BCUT2D eigenvalue weighted by atomic mass is 127. The molecule has 0 unspecified atom stereocenters. The summed E-state index contributed by atoms with van der Waals surface area (Å²) >= 11 is 5.14. The van der Waals surface area contributed by atoms with Gasteiger partial charge in [0.25, 0.3) is 5.91 Å². The molecule has 0 bridgehead atoms. The third-order valence-corrected chi connectivity index (χ3v) is 6.06. The van der Waals surface area contributed by atoms with Crippen molar-refractivity contribution in [1.82, 2.24) is 5.48 Å². The van der Waals surface area contributed by atoms with Crippen LogP contribution in [0.5, 0.6) is 0 Å². The van der Waals surface area contributed by atoms with Crippen molar-refractivity contribution in [3.05, 3.63) is 55.1 Å². The summed E-state index contributed by atoms with van der Waals surface area (Å²) in [7, 11) is 0. The van der Waals surface area contributed by atoms with Gasteiger partial charge in [0.2, 0.25) is 0 Å². The highest BCUT2D eigenvalue weighted by Gasteiger charge is 2.23. The SMILES string of the molecule is Cc1cc(I)ccc1Nc1c(C(=O)NOCC2CCCC2)cc(Br)c(F)c1F. The van der Waals surface area contributed by atoms with Crippen LogP contribution in [-0.4, -0.2) is 12.5 Å². The monoisotopic (exact) mass is 564 g/mol. The quantitative estimate of drug-likeness (QED) is 0.248. The molecule has 1 aliphatic carbocycles. The number of halogens is 4. The second kappa shape index (κ2) is 9.49. The van der Waals surface area contributed by atoms with Crippen molar-refractivity contribution >= 4 is 55.8 Å². The molecule has 2 N–H and O–H groups in total. The Balaban J connectivity index is 1.83. The lowest BCUT2D eigenvalue weighted by molar-refractivity contribution is 0.0171. The smallest absolute Gasteiger partial charge is 0.277 e. The first-order valence-corrected chi connectivity index (χ1v) is 10.9. The molecule has 0 aliphatic heterocycles. The van der Waals surface area contributed by atoms with E-state index in [-0.39, 0.29) is 15.7 Å². The summed E-state index contributed by atoms with van der Waals surface area (Å²) in [6.45, 7) is 2.26. The molecule has 0 atom stereocenters. The average molecular weight is 565 g/mol. The lowest BCUT2D eigenvalue weighted by atomic mass is 10.1. The summed E-state index contributed by atoms with van der Waals surface area (Å²) in [4.78, 5) is 17.9. The van der Waals surface area contributed by atoms with Gasteiger partial charge >= 0.3 is 0 Å². The van der Waals surface area contributed by atoms with E-state index in [0.29, 0.717) is 18.2 Å². The van der Waals surface area contributed by atoms with Crippen molar-refractivity contribution in [1.29, 1.82) is 0 Å². The molecular weight excluding hydrogens is 545 g/mol. The number of carbonyl (C=O) groups excluding carboxylic acids is 1. The van der Waals surface area contributed by atoms with Gasteiger partial charge in [0.05, 0.1) is 22.3 Å². The van der Waals surface area contributed by atoms with Gasteiger partial charge in [-0.3, -0.25) is 9.63 Å². The molecule has 3 rings (SSSR count). The normalized spacial score (nSPS) is 14.3. The standard InChI is InChI=1S/C20H20BrF2IN2O2/c1-11-8-13(24)6-7-16(11)25-19-14(9-15(21)17(22)18(19)23)20(27)26-28-10-12-4-2-3-5-12/h6-9,12,25H,2-5,10H2,1H3,(H,26,27). The van der Waals surface area contributed by atoms with E-state index >= 15 is 0 Å². The first-order valence-electron chi connectivity index (χ1n) is 8.99. The van der Waals surface area contributed by atoms with E-state index in [4.69, 9.17) is 4.84 Å². The van der Waals surface area contributed by atoms with Crippen molar-refractivity contribution in [3.8, 4) is 0 Å². The zero-order valence-electron chi connectivity index (χ0n) is 15.3. The van der Waals surface area contributed by atoms with Gasteiger partial charge in [0.15, 0.2) is 11.6 Å². The maximum atomic E-state index is 14.7. The molecule has 0 spiro atoms. The van der Waals surface area contributed by atoms with Crippen molar-refractivity contribution in [2.24, 2.45) is 5.92 Å². The number of nitrogens with one attached hydrogen (secondary N) is 2. The number of amides is 1. The van der Waals surface area contributed by atoms with Gasteiger partial charge in [-0.25, -0.2) is 14.3 Å². The maximum Gasteiger partial charge on any atom is 0.277 e. The van der Waals surface area contributed by atoms with E-state index in [0.717, 1.165) is 22.0 Å². The Morgan fingerprint density at radius 3 is 2.64 bits per heavy atom. The number of hydroxylamine groups is 1. The van der Waals surface area contributed by atoms with Crippen LogP contribution < -0.4 is 10.8 Å². The van der Waals surface area contributed by atoms with Gasteiger partial charge < -0.3 is 5.32 Å². The molecule has 1 saturated carbocycles. The van der Waals surface area contributed by atoms with E-state index in [1.165, 1.54) is 18.9 Å². The summed E-state index contributed by atoms with van der Waals surface area (Å²) in [5.74, 6) is -2.41. The first kappa shape index (κ1) is 21.4. The van der Waals surface area contributed by atoms with Crippen LogP contribution in [0.25, 0.3) is 0 Å². The Labute approximate surface area is 184 Å². The molecule has 0 aromatic heterocycles. The van der Waals surface area contributed by atoms with Crippen LogP contribution in [0.1, 0.15) is 41.6 Å². The second-order valence-corrected chi connectivity index (χ2v) is 8.99. The average Bonchev–Trinajstić information content (AvgIpc) is 3.17. The molecule has 4 nitrogen and oxygen atoms in total. The number of hydrogen-bond donors (Lipinski definition) is 2. The fraction of sp³-hybridized carbons (Fsp3) is 0.350. The van der Waals surface area contributed by atoms with Gasteiger partial charge in [-0.15, -0.1) is 0 Å². The number of anilines is 2. The predicted molar refractivity (Wildman–Crippen MR) is 117 cm³/mol. The third-order valence-electron chi connectivity index (χ3n) is 4.81. The minimum Gasteiger partial charge on any atom is -0.352 e. The third kappa shape index (κ3) is 5.01. The molecule has 1 aliphatic rings. The van der Waals surface area contributed by atoms with Gasteiger partial charge in [0.1, 0.15) is 0 Å². The molecule has 2 aromatic carbocycles. The summed E-state index contributed by atoms with van der Waals surface area (Å²) < 4.78 is 29.7. The van der Waals surface area contributed by atoms with Crippen LogP contribution in [0, 0.1) is 28.0 Å². The van der Waals surface area contributed by atoms with Crippen LogP contribution in [-0.2, 0) is 4.84 Å². The van der Waals surface area contributed by atoms with Crippen LogP contribution in [0.15, 0.2) is 28.7 Å². The zero-order chi connectivity index (χ0) is 20.3. The van der Waals surface area contributed by atoms with Crippen molar-refractivity contribution < 1.29 is 18.4 Å². The molecule has 1 fully saturated rings. The molecule has 0 radical (unpaired) electrons. The van der Waals surface area contributed by atoms with Crippen molar-refractivity contribution in [3.63, 3.8) is 0 Å². The van der Waals surface area contributed by atoms with E-state index in [9.17, 15) is 13.6 Å². The fourth-order valence-electron chi connectivity index (χ4n) is 3.26. The van der Waals surface area contributed by atoms with E-state index in [2.05, 4.69) is 49.3 Å². The van der Waals surface area contributed by atoms with Gasteiger partial charge in [0, 0.05) is 9.26 Å². The molecule has 0 saturated heterocycles. The molecule has 1 amide bonds. The van der Waals surface area contributed by atoms with Crippen molar-refractivity contribution in [2.45, 2.75) is 32.6 Å². The van der Waals surface area contributed by atoms with Gasteiger partial charge in [-0.2, -0.15) is 0 Å². The molecular formula is C20H20BrF2IN2O2. The van der Waals surface area contributed by atoms with Crippen LogP contribution in [0.3, 0.4) is 0 Å². The Morgan fingerprint density at radius 2 is 1.96 bits per heavy atom. The number of benzene rings is 2. The topological polar surface area (TPSA) is 50.4 Å². The van der Waals surface area contributed by atoms with E-state index in [1.54, 1.807) is 6.07 Å². The number of carbonyl (C=O) groups is 1. The molecule has 150 valence electrons. The highest BCUT2D eigenvalue weighted by Crippen LogP contribution is 2.32. The Hall–Kier alpha value is -1.26. The number of rotatable bonds is 6. The number of aryl methyl sites for hydroxylation is 1. The van der Waals surface area contributed by atoms with E-state index < -0.39 is 17.5 Å². The molecule has 0 heterocycles. The second-order valence-electron chi connectivity index (χ2n) is 6.89. The van der Waals surface area contributed by atoms with Crippen LogP contribution >= 0.6 is 38.5 Å². The Morgan fingerprint density at radius 1 is 1.25 bits per heavy atom. The van der Waals surface area contributed by atoms with Gasteiger partial charge in [-0.1, -0.05) is 12.8 Å². The maximum absolute atomic E-state index is 14.7. The summed E-state index contributed by atoms with van der Waals surface area (Å²) in [5, 5.41) is 2.86. The molecule has 28 heavy (non-hydrogen) atoms. The summed E-state index contributed by atoms with van der Waals surface area (Å²) in [6.07, 6.45) is 4.49. The molecule has 8 heteroatoms. The largest absolute Gasteiger partial charge is 0.352 e.